The number of H-pyrrole nitrogens is 4. The van der Waals surface area contributed by atoms with Crippen LogP contribution in [0.2, 0.25) is 0 Å². The van der Waals surface area contributed by atoms with Gasteiger partial charge in [0.15, 0.2) is 92.3 Å². The Labute approximate surface area is 521 Å². The van der Waals surface area contributed by atoms with Gasteiger partial charge >= 0.3 is 0 Å². The van der Waals surface area contributed by atoms with E-state index >= 15 is 0 Å². The Morgan fingerprint density at radius 1 is 0.489 bits per heavy atom. The Kier molecular flexibility index (Phi) is 17.1. The van der Waals surface area contributed by atoms with Crippen LogP contribution in [0, 0.1) is 6.92 Å². The second-order valence-corrected chi connectivity index (χ2v) is 31.5. The number of rotatable bonds is 4. The summed E-state index contributed by atoms with van der Waals surface area (Å²) < 4.78 is 88.9. The third kappa shape index (κ3) is 12.1. The van der Waals surface area contributed by atoms with Gasteiger partial charge in [-0.1, -0.05) is 0 Å². The van der Waals surface area contributed by atoms with Crippen molar-refractivity contribution < 1.29 is 80.1 Å². The maximum Gasteiger partial charge on any atom is 0.280 e. The van der Waals surface area contributed by atoms with Gasteiger partial charge in [0, 0.05) is 0 Å². The predicted octanol–water partition coefficient (Wildman–Crippen LogP) is -3.48. The first-order valence-corrected chi connectivity index (χ1v) is 36.0. The molecule has 6 aliphatic rings. The highest BCUT2D eigenvalue weighted by Gasteiger charge is 2.54. The molecule has 0 aliphatic carbocycles. The summed E-state index contributed by atoms with van der Waals surface area (Å²) in [5.74, 6) is 0.111. The van der Waals surface area contributed by atoms with E-state index in [4.69, 9.17) is 127 Å². The Morgan fingerprint density at radius 2 is 0.811 bits per heavy atom. The second-order valence-electron chi connectivity index (χ2n) is 20.7. The number of aromatic amines is 4. The largest absolute Gasteiger partial charge is 0.386 e. The minimum atomic E-state index is -4.49. The first kappa shape index (κ1) is 63.7. The SMILES string of the molecule is [B]P1(=O)OC[C@H]2O[C@@H](n3cnc4c(=O)[nH]cnc43)C(O)[C@H]2OP([B])(=S)OC[C@H]2O[C@@H](n3cnc4c(=O)[nH]c(N)nc43)[C@@H](O)C2O1.[B]P1(=S)OC[C@H]2O[C@@H](n3cnc4c(=O)[nH]cnc43)C(O)[C@H]2OP([B])(=S)OC[C@H]2O[C@@H](n3cnc4c(=O)[nH]c(C)nc43)[C@@H](O)C2O1. The van der Waals surface area contributed by atoms with Gasteiger partial charge in [0.2, 0.25) is 13.5 Å². The van der Waals surface area contributed by atoms with Crippen molar-refractivity contribution in [3.63, 3.8) is 0 Å². The lowest BCUT2D eigenvalue weighted by Gasteiger charge is -2.33. The topological polar surface area (TPSA) is 489 Å². The molecule has 14 heterocycles. The van der Waals surface area contributed by atoms with Crippen LogP contribution < -0.4 is 28.0 Å². The van der Waals surface area contributed by atoms with Crippen molar-refractivity contribution in [1.82, 2.24) is 78.1 Å². The molecule has 0 bridgehead atoms. The first-order valence-electron chi connectivity index (χ1n) is 26.3. The fourth-order valence-electron chi connectivity index (χ4n) is 10.8. The molecule has 0 saturated carbocycles. The molecule has 8 unspecified atom stereocenters. The molecule has 0 amide bonds. The van der Waals surface area contributed by atoms with E-state index < -0.39 is 160 Å². The number of nitrogens with zero attached hydrogens (tertiary/aromatic N) is 12. The van der Waals surface area contributed by atoms with Gasteiger partial charge in [-0.2, -0.15) is 4.98 Å². The summed E-state index contributed by atoms with van der Waals surface area (Å²) in [4.78, 5) is 91.4. The second kappa shape index (κ2) is 24.1. The molecule has 20 atom stereocenters. The lowest BCUT2D eigenvalue weighted by Crippen LogP contribution is -2.39. The minimum Gasteiger partial charge on any atom is -0.386 e. The van der Waals surface area contributed by atoms with Crippen molar-refractivity contribution in [2.75, 3.05) is 32.2 Å². The number of aliphatic hydroxyl groups is 4. The number of anilines is 1. The Bertz CT molecular complexity index is 4300. The number of aryl methyl sites for hydroxylation is 1. The van der Waals surface area contributed by atoms with Crippen LogP contribution in [0.25, 0.3) is 44.7 Å². The van der Waals surface area contributed by atoms with Crippen LogP contribution in [0.3, 0.4) is 0 Å². The molecule has 90 heavy (non-hydrogen) atoms. The van der Waals surface area contributed by atoms with Crippen LogP contribution >= 0.6 is 26.6 Å². The Balaban J connectivity index is 0.000000165. The molecular formula is C41H43B4N17O21P4S3. The number of imidazole rings is 4. The van der Waals surface area contributed by atoms with E-state index in [-0.39, 0.29) is 63.8 Å². The number of aromatic nitrogens is 16. The number of nitrogens with two attached hydrogens (primary N) is 1. The maximum absolute atomic E-state index is 13.3. The molecular weight excluding hydrogens is 1330 g/mol. The highest BCUT2D eigenvalue weighted by atomic mass is 32.5. The normalized spacial score (nSPS) is 37.7. The molecule has 0 aromatic carbocycles. The van der Waals surface area contributed by atoms with Gasteiger partial charge in [0.05, 0.1) is 64.4 Å². The van der Waals surface area contributed by atoms with E-state index in [1.807, 2.05) is 0 Å². The highest BCUT2D eigenvalue weighted by molar-refractivity contribution is 8.22. The van der Waals surface area contributed by atoms with Crippen LogP contribution in [0.4, 0.5) is 5.95 Å². The third-order valence-corrected chi connectivity index (χ3v) is 20.7. The van der Waals surface area contributed by atoms with Gasteiger partial charge in [-0.25, -0.2) is 34.9 Å². The number of ether oxygens (including phenoxy) is 4. The van der Waals surface area contributed by atoms with Gasteiger partial charge in [-0.05, 0) is 42.3 Å². The molecule has 6 aliphatic heterocycles. The molecule has 14 rings (SSSR count). The number of fused-ring (bicyclic) bond motifs is 8. The van der Waals surface area contributed by atoms with E-state index in [9.17, 15) is 44.2 Å². The molecule has 8 aromatic rings. The van der Waals surface area contributed by atoms with Crippen molar-refractivity contribution >= 4 is 143 Å². The predicted molar refractivity (Wildman–Crippen MR) is 318 cm³/mol. The third-order valence-electron chi connectivity index (χ3n) is 14.8. The van der Waals surface area contributed by atoms with Gasteiger partial charge in [0.1, 0.15) is 98.2 Å². The summed E-state index contributed by atoms with van der Waals surface area (Å²) in [7, 11) is 20.2. The molecule has 6 saturated heterocycles. The summed E-state index contributed by atoms with van der Waals surface area (Å²) in [6.07, 6.45) is -24.1. The summed E-state index contributed by atoms with van der Waals surface area (Å²) >= 11 is 16.4. The quantitative estimate of drug-likeness (QED) is 0.0610. The van der Waals surface area contributed by atoms with E-state index in [2.05, 4.69) is 59.8 Å². The number of hydrogen-bond donors (Lipinski definition) is 9. The van der Waals surface area contributed by atoms with Gasteiger partial charge in [-0.15, -0.1) is 0 Å². The number of aliphatic hydroxyl groups excluding tert-OH is 4. The molecule has 6 fully saturated rings. The lowest BCUT2D eigenvalue weighted by atomic mass is 10.1. The smallest absolute Gasteiger partial charge is 0.280 e. The molecule has 0 spiro atoms. The number of nitrogens with one attached hydrogen (secondary N) is 4. The van der Waals surface area contributed by atoms with Crippen molar-refractivity contribution in [2.45, 2.75) is 105 Å². The van der Waals surface area contributed by atoms with Crippen LogP contribution in [-0.2, 0) is 95.1 Å². The monoisotopic (exact) mass is 1370 g/mol. The Morgan fingerprint density at radius 3 is 1.20 bits per heavy atom. The molecule has 38 nitrogen and oxygen atoms in total. The van der Waals surface area contributed by atoms with Crippen LogP contribution in [0.1, 0.15) is 30.7 Å². The fraction of sp³-hybridized carbons (Fsp3) is 0.512. The van der Waals surface area contributed by atoms with E-state index in [0.717, 1.165) is 6.33 Å². The average Bonchev–Trinajstić information content (AvgIpc) is 1.65. The number of hydrogen-bond acceptors (Lipinski definition) is 33. The van der Waals surface area contributed by atoms with Gasteiger partial charge in [0.25, 0.3) is 29.7 Å². The average molecular weight is 1370 g/mol. The molecule has 49 heteroatoms. The van der Waals surface area contributed by atoms with Crippen molar-refractivity contribution in [3.05, 3.63) is 85.2 Å². The van der Waals surface area contributed by atoms with Gasteiger partial charge < -0.3 is 96.2 Å². The summed E-state index contributed by atoms with van der Waals surface area (Å²) in [6.45, 7) is -0.142. The molecule has 8 radical (unpaired) electrons. The minimum absolute atomic E-state index is 0.0124. The maximum atomic E-state index is 13.3. The summed E-state index contributed by atoms with van der Waals surface area (Å²) in [5, 5.41) is 45.2. The molecule has 10 N–H and O–H groups in total. The van der Waals surface area contributed by atoms with Crippen molar-refractivity contribution in [2.24, 2.45) is 0 Å². The van der Waals surface area contributed by atoms with Crippen molar-refractivity contribution in [1.29, 1.82) is 0 Å². The van der Waals surface area contributed by atoms with Crippen LogP contribution in [0.5, 0.6) is 0 Å². The van der Waals surface area contributed by atoms with E-state index in [1.165, 1.54) is 49.9 Å². The first-order chi connectivity index (χ1) is 42.6. The summed E-state index contributed by atoms with van der Waals surface area (Å²) in [6, 6.07) is 0. The fourth-order valence-corrected chi connectivity index (χ4v) is 16.3. The zero-order valence-corrected chi connectivity index (χ0v) is 51.6. The molecule has 8 aromatic heterocycles. The molecule has 468 valence electrons. The van der Waals surface area contributed by atoms with E-state index in [1.54, 1.807) is 6.92 Å². The number of nitrogen functional groups attached to an aromatic ring is 1. The Hall–Kier alpha value is -5.00. The van der Waals surface area contributed by atoms with Crippen LogP contribution in [-0.4, -0.2) is 228 Å². The zero-order valence-electron chi connectivity index (χ0n) is 45.5. The van der Waals surface area contributed by atoms with Crippen LogP contribution in [0.15, 0.2) is 57.1 Å². The highest BCUT2D eigenvalue weighted by Crippen LogP contribution is 2.56. The van der Waals surface area contributed by atoms with Gasteiger partial charge in [-0.3, -0.25) is 47.0 Å². The zero-order chi connectivity index (χ0) is 63.7. The van der Waals surface area contributed by atoms with Crippen molar-refractivity contribution in [3.8, 4) is 0 Å². The lowest BCUT2D eigenvalue weighted by molar-refractivity contribution is -0.0547. The standard InChI is InChI=1S/C21H22B2N8O10P2S2.C20H21B2N9O11P2S/c1-7-28-17-11(19(35)29-7)27-6-31(17)21-13(33)15-9(39-21)3-37-42(22,44)40-14-8(2-36-43(23,45)41-15)38-20(12(14)32)30-5-26-10-16(30)24-4-25-18(10)34;21-43(36)37-1-6-13(11(33)18(39-6)30-4-26-8-14(30)24-3-25-16(8)34)42-44(22,45)38-2-7-12(41-43)10(32)19(40-7)31-5-27-9-15(31)28-20(23)29-17(9)35/h4-6,8-9,12-15,20-21,32-33H,2-3H2,1H3,(H,24,25,34)(H,28,29,35);3-7,10-13,18-19,32-33H,1-2H2,(H,24,25,34)(H3,23,28,29,35)/t8-,9-,12?,13+,14+,15?,20-,21-,42?,43?;6-,7-,10+,11?,12?,13+,18-,19-,43?,44?/m11/s1. The summed E-state index contributed by atoms with van der Waals surface area (Å²) in [5.41, 5.74) is 3.93. The van der Waals surface area contributed by atoms with E-state index in [0.29, 0.717) is 5.82 Å².